The molecule has 0 aliphatic heterocycles. The fourth-order valence-corrected chi connectivity index (χ4v) is 2.24. The van der Waals surface area contributed by atoms with Crippen molar-refractivity contribution in [3.63, 3.8) is 0 Å². The molecule has 0 radical (unpaired) electrons. The second-order valence-electron chi connectivity index (χ2n) is 4.82. The SMILES string of the molecule is CCOc1ccc(CNCCc2ccccc2OC)cc1.Cl. The molecule has 0 spiro atoms. The van der Waals surface area contributed by atoms with Crippen LogP contribution in [-0.2, 0) is 13.0 Å². The van der Waals surface area contributed by atoms with E-state index < -0.39 is 0 Å². The van der Waals surface area contributed by atoms with Crippen LogP contribution in [0.3, 0.4) is 0 Å². The van der Waals surface area contributed by atoms with Crippen LogP contribution in [0.4, 0.5) is 0 Å². The van der Waals surface area contributed by atoms with Crippen LogP contribution in [0.2, 0.25) is 0 Å². The van der Waals surface area contributed by atoms with E-state index in [2.05, 4.69) is 23.5 Å². The van der Waals surface area contributed by atoms with Gasteiger partial charge in [-0.15, -0.1) is 12.4 Å². The Labute approximate surface area is 139 Å². The smallest absolute Gasteiger partial charge is 0.122 e. The average molecular weight is 322 g/mol. The Morgan fingerprint density at radius 1 is 1.00 bits per heavy atom. The highest BCUT2D eigenvalue weighted by Crippen LogP contribution is 2.17. The molecule has 120 valence electrons. The molecule has 0 aromatic heterocycles. The molecular formula is C18H24ClNO2. The molecule has 2 aromatic carbocycles. The van der Waals surface area contributed by atoms with Crippen LogP contribution in [0.1, 0.15) is 18.1 Å². The van der Waals surface area contributed by atoms with Crippen molar-refractivity contribution in [3.05, 3.63) is 59.7 Å². The Kier molecular flexibility index (Phi) is 8.41. The predicted octanol–water partition coefficient (Wildman–Crippen LogP) is 3.85. The summed E-state index contributed by atoms with van der Waals surface area (Å²) in [5.41, 5.74) is 2.50. The topological polar surface area (TPSA) is 30.5 Å². The van der Waals surface area contributed by atoms with Gasteiger partial charge in [-0.2, -0.15) is 0 Å². The summed E-state index contributed by atoms with van der Waals surface area (Å²) < 4.78 is 10.8. The molecule has 0 atom stereocenters. The van der Waals surface area contributed by atoms with Gasteiger partial charge in [-0.1, -0.05) is 30.3 Å². The van der Waals surface area contributed by atoms with Crippen molar-refractivity contribution in [1.82, 2.24) is 5.32 Å². The Morgan fingerprint density at radius 2 is 1.73 bits per heavy atom. The third-order valence-electron chi connectivity index (χ3n) is 3.33. The van der Waals surface area contributed by atoms with Crippen LogP contribution < -0.4 is 14.8 Å². The third-order valence-corrected chi connectivity index (χ3v) is 3.33. The van der Waals surface area contributed by atoms with E-state index in [0.717, 1.165) is 31.0 Å². The van der Waals surface area contributed by atoms with Crippen LogP contribution in [0.5, 0.6) is 11.5 Å². The molecule has 0 aliphatic rings. The molecule has 22 heavy (non-hydrogen) atoms. The van der Waals surface area contributed by atoms with E-state index in [1.165, 1.54) is 11.1 Å². The number of hydrogen-bond acceptors (Lipinski definition) is 3. The molecule has 4 heteroatoms. The molecule has 2 rings (SSSR count). The highest BCUT2D eigenvalue weighted by Gasteiger charge is 2.01. The van der Waals surface area contributed by atoms with Gasteiger partial charge in [0.25, 0.3) is 0 Å². The number of ether oxygens (including phenoxy) is 2. The van der Waals surface area contributed by atoms with Crippen molar-refractivity contribution < 1.29 is 9.47 Å². The van der Waals surface area contributed by atoms with Gasteiger partial charge in [0.2, 0.25) is 0 Å². The second kappa shape index (κ2) is 10.1. The zero-order valence-electron chi connectivity index (χ0n) is 13.2. The fraction of sp³-hybridized carbons (Fsp3) is 0.333. The number of methoxy groups -OCH3 is 1. The largest absolute Gasteiger partial charge is 0.496 e. The monoisotopic (exact) mass is 321 g/mol. The predicted molar refractivity (Wildman–Crippen MR) is 93.3 cm³/mol. The molecule has 0 heterocycles. The molecule has 0 unspecified atom stereocenters. The Hall–Kier alpha value is -1.71. The fourth-order valence-electron chi connectivity index (χ4n) is 2.24. The van der Waals surface area contributed by atoms with Gasteiger partial charge in [0.1, 0.15) is 11.5 Å². The number of halogens is 1. The van der Waals surface area contributed by atoms with Crippen LogP contribution in [0, 0.1) is 0 Å². The normalized spacial score (nSPS) is 9.91. The molecule has 2 aromatic rings. The summed E-state index contributed by atoms with van der Waals surface area (Å²) in [5.74, 6) is 1.88. The summed E-state index contributed by atoms with van der Waals surface area (Å²) in [6.07, 6.45) is 0.959. The van der Waals surface area contributed by atoms with Crippen molar-refractivity contribution in [1.29, 1.82) is 0 Å². The molecular weight excluding hydrogens is 298 g/mol. The summed E-state index contributed by atoms with van der Waals surface area (Å²) in [6.45, 7) is 4.49. The Balaban J connectivity index is 0.00000242. The van der Waals surface area contributed by atoms with Crippen LogP contribution in [-0.4, -0.2) is 20.3 Å². The molecule has 3 nitrogen and oxygen atoms in total. The first kappa shape index (κ1) is 18.3. The van der Waals surface area contributed by atoms with Gasteiger partial charge < -0.3 is 14.8 Å². The van der Waals surface area contributed by atoms with Crippen molar-refractivity contribution in [3.8, 4) is 11.5 Å². The third kappa shape index (κ3) is 5.58. The van der Waals surface area contributed by atoms with Crippen molar-refractivity contribution in [2.75, 3.05) is 20.3 Å². The summed E-state index contributed by atoms with van der Waals surface area (Å²) in [6, 6.07) is 16.4. The van der Waals surface area contributed by atoms with Gasteiger partial charge in [-0.05, 0) is 49.2 Å². The maximum Gasteiger partial charge on any atom is 0.122 e. The standard InChI is InChI=1S/C18H23NO2.ClH/c1-3-21-17-10-8-15(9-11-17)14-19-13-12-16-6-4-5-7-18(16)20-2;/h4-11,19H,3,12-14H2,1-2H3;1H. The molecule has 0 amide bonds. The van der Waals surface area contributed by atoms with Crippen LogP contribution in [0.25, 0.3) is 0 Å². The van der Waals surface area contributed by atoms with E-state index in [0.29, 0.717) is 6.61 Å². The molecule has 1 N–H and O–H groups in total. The summed E-state index contributed by atoms with van der Waals surface area (Å²) >= 11 is 0. The minimum atomic E-state index is 0. The second-order valence-corrected chi connectivity index (χ2v) is 4.82. The van der Waals surface area contributed by atoms with E-state index in [1.54, 1.807) is 7.11 Å². The van der Waals surface area contributed by atoms with Gasteiger partial charge in [-0.25, -0.2) is 0 Å². The van der Waals surface area contributed by atoms with Crippen molar-refractivity contribution >= 4 is 12.4 Å². The van der Waals surface area contributed by atoms with E-state index >= 15 is 0 Å². The summed E-state index contributed by atoms with van der Waals surface area (Å²) in [4.78, 5) is 0. The lowest BCUT2D eigenvalue weighted by Gasteiger charge is -2.09. The molecule has 0 saturated carbocycles. The maximum absolute atomic E-state index is 5.44. The zero-order chi connectivity index (χ0) is 14.9. The lowest BCUT2D eigenvalue weighted by molar-refractivity contribution is 0.340. The van der Waals surface area contributed by atoms with E-state index in [-0.39, 0.29) is 12.4 Å². The quantitative estimate of drug-likeness (QED) is 0.749. The lowest BCUT2D eigenvalue weighted by Crippen LogP contribution is -2.16. The highest BCUT2D eigenvalue weighted by atomic mass is 35.5. The summed E-state index contributed by atoms with van der Waals surface area (Å²) in [7, 11) is 1.71. The zero-order valence-corrected chi connectivity index (χ0v) is 14.0. The lowest BCUT2D eigenvalue weighted by atomic mass is 10.1. The van der Waals surface area contributed by atoms with Crippen molar-refractivity contribution in [2.24, 2.45) is 0 Å². The van der Waals surface area contributed by atoms with E-state index in [9.17, 15) is 0 Å². The number of benzene rings is 2. The van der Waals surface area contributed by atoms with E-state index in [4.69, 9.17) is 9.47 Å². The number of hydrogen-bond donors (Lipinski definition) is 1. The van der Waals surface area contributed by atoms with Gasteiger partial charge in [0.05, 0.1) is 13.7 Å². The molecule has 0 saturated heterocycles. The number of nitrogens with one attached hydrogen (secondary N) is 1. The first-order valence-corrected chi connectivity index (χ1v) is 7.38. The first-order chi connectivity index (χ1) is 10.3. The molecule has 0 bridgehead atoms. The van der Waals surface area contributed by atoms with Crippen molar-refractivity contribution in [2.45, 2.75) is 19.9 Å². The molecule has 0 fully saturated rings. The number of rotatable bonds is 8. The minimum absolute atomic E-state index is 0. The molecule has 0 aliphatic carbocycles. The number of para-hydroxylation sites is 1. The Morgan fingerprint density at radius 3 is 2.41 bits per heavy atom. The van der Waals surface area contributed by atoms with Crippen LogP contribution in [0.15, 0.2) is 48.5 Å². The van der Waals surface area contributed by atoms with Gasteiger partial charge in [-0.3, -0.25) is 0 Å². The Bertz CT molecular complexity index is 543. The minimum Gasteiger partial charge on any atom is -0.496 e. The highest BCUT2D eigenvalue weighted by molar-refractivity contribution is 5.85. The first-order valence-electron chi connectivity index (χ1n) is 7.38. The summed E-state index contributed by atoms with van der Waals surface area (Å²) in [5, 5.41) is 3.46. The van der Waals surface area contributed by atoms with Gasteiger partial charge in [0.15, 0.2) is 0 Å². The maximum atomic E-state index is 5.44. The van der Waals surface area contributed by atoms with Gasteiger partial charge in [0, 0.05) is 6.54 Å². The average Bonchev–Trinajstić information content (AvgIpc) is 2.54. The van der Waals surface area contributed by atoms with E-state index in [1.807, 2.05) is 37.3 Å². The van der Waals surface area contributed by atoms with Crippen LogP contribution >= 0.6 is 12.4 Å². The van der Waals surface area contributed by atoms with Gasteiger partial charge >= 0.3 is 0 Å².